The number of nitrogens with zero attached hydrogens (tertiary/aromatic N) is 3. The van der Waals surface area contributed by atoms with E-state index in [1.807, 2.05) is 61.5 Å². The predicted molar refractivity (Wildman–Crippen MR) is 131 cm³/mol. The van der Waals surface area contributed by atoms with E-state index in [0.717, 1.165) is 37.3 Å². The average Bonchev–Trinajstić information content (AvgIpc) is 2.82. The van der Waals surface area contributed by atoms with E-state index >= 15 is 0 Å². The van der Waals surface area contributed by atoms with E-state index in [2.05, 4.69) is 9.80 Å². The molecule has 0 spiro atoms. The maximum absolute atomic E-state index is 13.8. The summed E-state index contributed by atoms with van der Waals surface area (Å²) in [4.78, 5) is 18.3. The minimum atomic E-state index is -0.395. The van der Waals surface area contributed by atoms with Gasteiger partial charge in [-0.2, -0.15) is 0 Å². The maximum Gasteiger partial charge on any atom is 0.259 e. The molecule has 2 heterocycles. The van der Waals surface area contributed by atoms with Gasteiger partial charge in [0.2, 0.25) is 0 Å². The van der Waals surface area contributed by atoms with Gasteiger partial charge in [0.05, 0.1) is 24.8 Å². The lowest BCUT2D eigenvalue weighted by Gasteiger charge is -2.39. The number of aliphatic hydroxyl groups is 1. The third-order valence-electron chi connectivity index (χ3n) is 6.35. The van der Waals surface area contributed by atoms with Crippen LogP contribution in [0, 0.1) is 6.92 Å². The monoisotopic (exact) mass is 467 g/mol. The molecule has 1 aliphatic heterocycles. The van der Waals surface area contributed by atoms with Crippen LogP contribution in [-0.2, 0) is 6.54 Å². The van der Waals surface area contributed by atoms with Crippen LogP contribution in [0.3, 0.4) is 0 Å². The molecule has 1 saturated heterocycles. The van der Waals surface area contributed by atoms with Gasteiger partial charge >= 0.3 is 0 Å². The lowest BCUT2D eigenvalue weighted by molar-refractivity contribution is 0.0932. The molecular formula is C26H30ClN3O3. The SMILES string of the molecule is Cc1cc(O)c([C@@H](c2ccc(Cl)cc2)N2CCN(CCO)CC2)c(=O)n1Cc1ccccc1. The Bertz CT molecular complexity index is 1120. The summed E-state index contributed by atoms with van der Waals surface area (Å²) in [5, 5.41) is 20.9. The molecule has 0 saturated carbocycles. The highest BCUT2D eigenvalue weighted by Crippen LogP contribution is 2.34. The number of aryl methyl sites for hydroxylation is 1. The second kappa shape index (κ2) is 10.5. The summed E-state index contributed by atoms with van der Waals surface area (Å²) in [6.45, 7) is 6.07. The molecule has 7 heteroatoms. The first-order valence-corrected chi connectivity index (χ1v) is 11.7. The Balaban J connectivity index is 1.77. The Labute approximate surface area is 199 Å². The number of hydrogen-bond donors (Lipinski definition) is 2. The number of aromatic nitrogens is 1. The minimum Gasteiger partial charge on any atom is -0.507 e. The van der Waals surface area contributed by atoms with Gasteiger partial charge in [-0.1, -0.05) is 54.1 Å². The van der Waals surface area contributed by atoms with Crippen LogP contribution in [0.25, 0.3) is 0 Å². The van der Waals surface area contributed by atoms with Crippen molar-refractivity contribution in [1.29, 1.82) is 0 Å². The van der Waals surface area contributed by atoms with Gasteiger partial charge in [0.1, 0.15) is 5.75 Å². The summed E-state index contributed by atoms with van der Waals surface area (Å²) in [7, 11) is 0. The van der Waals surface area contributed by atoms with Gasteiger partial charge in [-0.3, -0.25) is 14.6 Å². The fraction of sp³-hybridized carbons (Fsp3) is 0.346. The van der Waals surface area contributed by atoms with Crippen molar-refractivity contribution in [2.24, 2.45) is 0 Å². The zero-order valence-corrected chi connectivity index (χ0v) is 19.6. The number of rotatable bonds is 7. The van der Waals surface area contributed by atoms with Crippen molar-refractivity contribution in [2.45, 2.75) is 19.5 Å². The molecule has 1 fully saturated rings. The Kier molecular flexibility index (Phi) is 7.50. The van der Waals surface area contributed by atoms with Gasteiger partial charge in [-0.15, -0.1) is 0 Å². The third kappa shape index (κ3) is 5.31. The van der Waals surface area contributed by atoms with Crippen molar-refractivity contribution in [2.75, 3.05) is 39.3 Å². The quantitative estimate of drug-likeness (QED) is 0.558. The van der Waals surface area contributed by atoms with Gasteiger partial charge in [0, 0.05) is 43.4 Å². The highest BCUT2D eigenvalue weighted by molar-refractivity contribution is 6.30. The number of pyridine rings is 1. The molecule has 4 rings (SSSR count). The van der Waals surface area contributed by atoms with Crippen molar-refractivity contribution >= 4 is 11.6 Å². The molecule has 1 aliphatic rings. The zero-order chi connectivity index (χ0) is 23.4. The lowest BCUT2D eigenvalue weighted by Crippen LogP contribution is -2.49. The summed E-state index contributed by atoms with van der Waals surface area (Å²) in [5.74, 6) is 0.0135. The second-order valence-electron chi connectivity index (χ2n) is 8.52. The molecule has 33 heavy (non-hydrogen) atoms. The molecule has 2 N–H and O–H groups in total. The van der Waals surface area contributed by atoms with Gasteiger partial charge in [0.25, 0.3) is 5.56 Å². The van der Waals surface area contributed by atoms with E-state index < -0.39 is 6.04 Å². The molecule has 1 atom stereocenters. The Morgan fingerprint density at radius 2 is 1.67 bits per heavy atom. The molecular weight excluding hydrogens is 438 g/mol. The standard InChI is InChI=1S/C26H30ClN3O3/c1-19-17-23(32)24(26(33)30(19)18-20-5-3-2-4-6-20)25(21-7-9-22(27)10-8-21)29-13-11-28(12-14-29)15-16-31/h2-10,17,25,31-32H,11-16,18H2,1H3/t25-/m1/s1. The number of piperazine rings is 1. The molecule has 0 bridgehead atoms. The number of hydrogen-bond acceptors (Lipinski definition) is 5. The van der Waals surface area contributed by atoms with Gasteiger partial charge in [-0.05, 0) is 36.2 Å². The molecule has 0 amide bonds. The molecule has 1 aromatic heterocycles. The Morgan fingerprint density at radius 3 is 2.30 bits per heavy atom. The molecule has 0 unspecified atom stereocenters. The molecule has 174 valence electrons. The van der Waals surface area contributed by atoms with Crippen molar-refractivity contribution in [3.63, 3.8) is 0 Å². The van der Waals surface area contributed by atoms with Crippen molar-refractivity contribution in [3.05, 3.63) is 98.4 Å². The molecule has 0 aliphatic carbocycles. The van der Waals surface area contributed by atoms with Crippen molar-refractivity contribution < 1.29 is 10.2 Å². The van der Waals surface area contributed by atoms with Crippen molar-refractivity contribution in [1.82, 2.24) is 14.4 Å². The first-order chi connectivity index (χ1) is 16.0. The first-order valence-electron chi connectivity index (χ1n) is 11.3. The van der Waals surface area contributed by atoms with Crippen LogP contribution >= 0.6 is 11.6 Å². The van der Waals surface area contributed by atoms with E-state index in [-0.39, 0.29) is 17.9 Å². The fourth-order valence-electron chi connectivity index (χ4n) is 4.58. The van der Waals surface area contributed by atoms with Crippen LogP contribution in [0.5, 0.6) is 5.75 Å². The van der Waals surface area contributed by atoms with E-state index in [0.29, 0.717) is 29.4 Å². The van der Waals surface area contributed by atoms with Crippen LogP contribution in [0.2, 0.25) is 5.02 Å². The molecule has 3 aromatic rings. The van der Waals surface area contributed by atoms with E-state index in [1.165, 1.54) is 0 Å². The largest absolute Gasteiger partial charge is 0.507 e. The minimum absolute atomic E-state index is 0.0135. The number of aliphatic hydroxyl groups excluding tert-OH is 1. The lowest BCUT2D eigenvalue weighted by atomic mass is 9.96. The molecule has 2 aromatic carbocycles. The summed E-state index contributed by atoms with van der Waals surface area (Å²) < 4.78 is 1.73. The van der Waals surface area contributed by atoms with Gasteiger partial charge < -0.3 is 14.8 Å². The summed E-state index contributed by atoms with van der Waals surface area (Å²) in [5.41, 5.74) is 2.86. The summed E-state index contributed by atoms with van der Waals surface area (Å²) in [6, 6.07) is 18.6. The maximum atomic E-state index is 13.8. The molecule has 0 radical (unpaired) electrons. The van der Waals surface area contributed by atoms with Crippen LogP contribution in [0.15, 0.2) is 65.5 Å². The highest BCUT2D eigenvalue weighted by Gasteiger charge is 2.31. The predicted octanol–water partition coefficient (Wildman–Crippen LogP) is 3.26. The summed E-state index contributed by atoms with van der Waals surface area (Å²) in [6.07, 6.45) is 0. The van der Waals surface area contributed by atoms with E-state index in [1.54, 1.807) is 10.6 Å². The van der Waals surface area contributed by atoms with Crippen LogP contribution < -0.4 is 5.56 Å². The van der Waals surface area contributed by atoms with E-state index in [9.17, 15) is 15.0 Å². The third-order valence-corrected chi connectivity index (χ3v) is 6.61. The van der Waals surface area contributed by atoms with Crippen molar-refractivity contribution in [3.8, 4) is 5.75 Å². The smallest absolute Gasteiger partial charge is 0.259 e. The number of halogens is 1. The Hall–Kier alpha value is -2.64. The van der Waals surface area contributed by atoms with Crippen LogP contribution in [0.4, 0.5) is 0 Å². The van der Waals surface area contributed by atoms with Gasteiger partial charge in [-0.25, -0.2) is 0 Å². The van der Waals surface area contributed by atoms with E-state index in [4.69, 9.17) is 11.6 Å². The first kappa shape index (κ1) is 23.5. The van der Waals surface area contributed by atoms with Crippen LogP contribution in [0.1, 0.15) is 28.4 Å². The fourth-order valence-corrected chi connectivity index (χ4v) is 4.71. The normalized spacial score (nSPS) is 16.1. The second-order valence-corrected chi connectivity index (χ2v) is 8.95. The molecule has 6 nitrogen and oxygen atoms in total. The van der Waals surface area contributed by atoms with Crippen LogP contribution in [-0.4, -0.2) is 63.9 Å². The number of aromatic hydroxyl groups is 1. The highest BCUT2D eigenvalue weighted by atomic mass is 35.5. The Morgan fingerprint density at radius 1 is 1.00 bits per heavy atom. The number of benzene rings is 2. The van der Waals surface area contributed by atoms with Gasteiger partial charge in [0.15, 0.2) is 0 Å². The summed E-state index contributed by atoms with van der Waals surface area (Å²) >= 11 is 6.14. The number of β-amino-alcohol motifs (C(OH)–C–C–N with tert-alkyl or cyclic N) is 1. The topological polar surface area (TPSA) is 68.9 Å². The average molecular weight is 468 g/mol. The zero-order valence-electron chi connectivity index (χ0n) is 18.8.